The van der Waals surface area contributed by atoms with Gasteiger partial charge in [-0.05, 0) is 55.9 Å². The van der Waals surface area contributed by atoms with Gasteiger partial charge in [-0.15, -0.1) is 0 Å². The molecule has 3 heterocycles. The molecule has 0 saturated carbocycles. The van der Waals surface area contributed by atoms with Crippen molar-refractivity contribution in [2.45, 2.75) is 32.6 Å². The molecule has 124 valence electrons. The van der Waals surface area contributed by atoms with Crippen molar-refractivity contribution in [1.82, 2.24) is 19.2 Å². The summed E-state index contributed by atoms with van der Waals surface area (Å²) >= 11 is 1.34. The lowest BCUT2D eigenvalue weighted by molar-refractivity contribution is 0.0704. The second kappa shape index (κ2) is 6.02. The molecule has 1 aromatic carbocycles. The molecule has 1 atom stereocenters. The van der Waals surface area contributed by atoms with Crippen molar-refractivity contribution in [2.24, 2.45) is 0 Å². The van der Waals surface area contributed by atoms with E-state index in [2.05, 4.69) is 34.5 Å². The molecule has 1 saturated heterocycles. The molecule has 4 rings (SSSR count). The molecule has 6 heteroatoms. The minimum absolute atomic E-state index is 0.0953. The molecular formula is C18H20N4OS. The summed E-state index contributed by atoms with van der Waals surface area (Å²) in [5.41, 5.74) is 4.86. The normalized spacial score (nSPS) is 18.2. The van der Waals surface area contributed by atoms with E-state index in [-0.39, 0.29) is 11.8 Å². The average molecular weight is 340 g/mol. The number of aryl methyl sites for hydroxylation is 2. The molecule has 1 aliphatic rings. The van der Waals surface area contributed by atoms with Crippen LogP contribution in [0, 0.1) is 13.8 Å². The zero-order valence-corrected chi connectivity index (χ0v) is 14.7. The largest absolute Gasteiger partial charge is 0.342 e. The number of rotatable bonds is 2. The number of H-pyrrole nitrogens is 1. The first-order valence-corrected chi connectivity index (χ1v) is 9.12. The third-order valence-corrected chi connectivity index (χ3v) is 5.45. The second-order valence-electron chi connectivity index (χ2n) is 6.55. The van der Waals surface area contributed by atoms with Gasteiger partial charge in [0.2, 0.25) is 0 Å². The van der Waals surface area contributed by atoms with E-state index in [1.54, 1.807) is 0 Å². The third kappa shape index (κ3) is 2.71. The van der Waals surface area contributed by atoms with Crippen molar-refractivity contribution in [3.05, 3.63) is 46.2 Å². The number of carbonyl (C=O) groups excluding carboxylic acids is 1. The highest BCUT2D eigenvalue weighted by atomic mass is 32.1. The number of aromatic amines is 1. The molecule has 0 unspecified atom stereocenters. The number of carbonyl (C=O) groups is 1. The van der Waals surface area contributed by atoms with Crippen molar-refractivity contribution in [3.8, 4) is 0 Å². The fourth-order valence-electron chi connectivity index (χ4n) is 3.39. The molecule has 0 aliphatic carbocycles. The van der Waals surface area contributed by atoms with Gasteiger partial charge in [0.25, 0.3) is 5.91 Å². The van der Waals surface area contributed by atoms with Crippen molar-refractivity contribution in [2.75, 3.05) is 13.1 Å². The lowest BCUT2D eigenvalue weighted by Crippen LogP contribution is -2.39. The Hall–Kier alpha value is -2.21. The molecule has 3 aromatic rings. The Morgan fingerprint density at radius 1 is 1.38 bits per heavy atom. The van der Waals surface area contributed by atoms with Gasteiger partial charge in [-0.2, -0.15) is 4.37 Å². The van der Waals surface area contributed by atoms with Crippen LogP contribution < -0.4 is 0 Å². The molecule has 0 bridgehead atoms. The maximum atomic E-state index is 12.7. The Balaban J connectivity index is 1.57. The quantitative estimate of drug-likeness (QED) is 0.774. The number of imidazole rings is 1. The SMILES string of the molecule is Cc1ccc2nc([C@H]3CCCN(C(=O)c4csnc4C)C3)[nH]c2c1. The number of likely N-dealkylation sites (tertiary alicyclic amines) is 1. The molecule has 0 radical (unpaired) electrons. The summed E-state index contributed by atoms with van der Waals surface area (Å²) in [5.74, 6) is 1.36. The Labute approximate surface area is 144 Å². The predicted octanol–water partition coefficient (Wildman–Crippen LogP) is 3.66. The van der Waals surface area contributed by atoms with Crippen LogP contribution in [-0.2, 0) is 0 Å². The van der Waals surface area contributed by atoms with Crippen LogP contribution in [0.2, 0.25) is 0 Å². The number of amides is 1. The number of nitrogens with one attached hydrogen (secondary N) is 1. The van der Waals surface area contributed by atoms with Crippen LogP contribution in [0.5, 0.6) is 0 Å². The molecule has 1 amide bonds. The first kappa shape index (κ1) is 15.3. The van der Waals surface area contributed by atoms with Gasteiger partial charge in [0.05, 0.1) is 22.3 Å². The van der Waals surface area contributed by atoms with E-state index in [1.165, 1.54) is 17.1 Å². The van der Waals surface area contributed by atoms with E-state index < -0.39 is 0 Å². The van der Waals surface area contributed by atoms with Crippen LogP contribution in [0.4, 0.5) is 0 Å². The Morgan fingerprint density at radius 2 is 2.25 bits per heavy atom. The summed E-state index contributed by atoms with van der Waals surface area (Å²) in [4.78, 5) is 22.9. The van der Waals surface area contributed by atoms with Crippen LogP contribution in [-0.4, -0.2) is 38.2 Å². The summed E-state index contributed by atoms with van der Waals surface area (Å²) in [5, 5.41) is 1.85. The number of fused-ring (bicyclic) bond motifs is 1. The lowest BCUT2D eigenvalue weighted by Gasteiger charge is -2.31. The first-order valence-electron chi connectivity index (χ1n) is 8.28. The smallest absolute Gasteiger partial charge is 0.256 e. The zero-order valence-electron chi connectivity index (χ0n) is 13.9. The van der Waals surface area contributed by atoms with Crippen LogP contribution in [0.25, 0.3) is 11.0 Å². The van der Waals surface area contributed by atoms with Crippen LogP contribution in [0.3, 0.4) is 0 Å². The van der Waals surface area contributed by atoms with E-state index in [1.807, 2.05) is 17.2 Å². The highest BCUT2D eigenvalue weighted by Crippen LogP contribution is 2.28. The summed E-state index contributed by atoms with van der Waals surface area (Å²) in [6, 6.07) is 6.25. The van der Waals surface area contributed by atoms with Crippen molar-refractivity contribution < 1.29 is 4.79 Å². The molecule has 2 aromatic heterocycles. The molecule has 0 spiro atoms. The fourth-order valence-corrected chi connectivity index (χ4v) is 4.08. The van der Waals surface area contributed by atoms with E-state index in [0.29, 0.717) is 6.54 Å². The van der Waals surface area contributed by atoms with Crippen LogP contribution in [0.15, 0.2) is 23.6 Å². The number of nitrogens with zero attached hydrogens (tertiary/aromatic N) is 3. The standard InChI is InChI=1S/C18H20N4OS/c1-11-5-6-15-16(8-11)20-17(19-15)13-4-3-7-22(9-13)18(23)14-10-24-21-12(14)2/h5-6,8,10,13H,3-4,7,9H2,1-2H3,(H,19,20)/t13-/m0/s1. The predicted molar refractivity (Wildman–Crippen MR) is 95.6 cm³/mol. The van der Waals surface area contributed by atoms with Crippen molar-refractivity contribution in [3.63, 3.8) is 0 Å². The van der Waals surface area contributed by atoms with Gasteiger partial charge in [0.15, 0.2) is 0 Å². The third-order valence-electron chi connectivity index (χ3n) is 4.73. The number of hydrogen-bond acceptors (Lipinski definition) is 4. The maximum Gasteiger partial charge on any atom is 0.256 e. The van der Waals surface area contributed by atoms with Crippen LogP contribution >= 0.6 is 11.5 Å². The topological polar surface area (TPSA) is 61.9 Å². The Kier molecular flexibility index (Phi) is 3.84. The molecular weight excluding hydrogens is 320 g/mol. The van der Waals surface area contributed by atoms with Gasteiger partial charge in [-0.25, -0.2) is 4.98 Å². The second-order valence-corrected chi connectivity index (χ2v) is 7.18. The minimum Gasteiger partial charge on any atom is -0.342 e. The number of benzene rings is 1. The summed E-state index contributed by atoms with van der Waals surface area (Å²) in [7, 11) is 0. The molecule has 1 N–H and O–H groups in total. The highest BCUT2D eigenvalue weighted by Gasteiger charge is 2.28. The highest BCUT2D eigenvalue weighted by molar-refractivity contribution is 7.03. The lowest BCUT2D eigenvalue weighted by atomic mass is 9.97. The first-order chi connectivity index (χ1) is 11.6. The minimum atomic E-state index is 0.0953. The molecule has 24 heavy (non-hydrogen) atoms. The van der Waals surface area contributed by atoms with E-state index in [4.69, 9.17) is 4.98 Å². The van der Waals surface area contributed by atoms with E-state index in [0.717, 1.165) is 47.5 Å². The van der Waals surface area contributed by atoms with Crippen molar-refractivity contribution >= 4 is 28.5 Å². The average Bonchev–Trinajstić information content (AvgIpc) is 3.20. The summed E-state index contributed by atoms with van der Waals surface area (Å²) in [6.45, 7) is 5.50. The van der Waals surface area contributed by atoms with Gasteiger partial charge in [-0.1, -0.05) is 6.07 Å². The molecule has 1 aliphatic heterocycles. The zero-order chi connectivity index (χ0) is 16.7. The van der Waals surface area contributed by atoms with Gasteiger partial charge < -0.3 is 9.88 Å². The summed E-state index contributed by atoms with van der Waals surface area (Å²) in [6.07, 6.45) is 2.06. The van der Waals surface area contributed by atoms with Crippen LogP contribution in [0.1, 0.15) is 46.2 Å². The molecule has 5 nitrogen and oxygen atoms in total. The summed E-state index contributed by atoms with van der Waals surface area (Å²) < 4.78 is 4.22. The van der Waals surface area contributed by atoms with E-state index >= 15 is 0 Å². The van der Waals surface area contributed by atoms with Gasteiger partial charge in [0.1, 0.15) is 5.82 Å². The number of piperidine rings is 1. The number of hydrogen-bond donors (Lipinski definition) is 1. The van der Waals surface area contributed by atoms with Gasteiger partial charge in [-0.3, -0.25) is 4.79 Å². The van der Waals surface area contributed by atoms with Gasteiger partial charge >= 0.3 is 0 Å². The molecule has 1 fully saturated rings. The Morgan fingerprint density at radius 3 is 3.04 bits per heavy atom. The van der Waals surface area contributed by atoms with E-state index in [9.17, 15) is 4.79 Å². The maximum absolute atomic E-state index is 12.7. The van der Waals surface area contributed by atoms with Crippen molar-refractivity contribution in [1.29, 1.82) is 0 Å². The Bertz CT molecular complexity index is 897. The fraction of sp³-hybridized carbons (Fsp3) is 0.389. The monoisotopic (exact) mass is 340 g/mol. The number of aromatic nitrogens is 3. The van der Waals surface area contributed by atoms with Gasteiger partial charge in [0, 0.05) is 24.4 Å².